The van der Waals surface area contributed by atoms with Crippen LogP contribution in [0.15, 0.2) is 77.0 Å². The maximum absolute atomic E-state index is 12.4. The van der Waals surface area contributed by atoms with Gasteiger partial charge in [-0.25, -0.2) is 4.98 Å². The monoisotopic (exact) mass is 558 g/mol. The smallest absolute Gasteiger partial charge is 0.270 e. The maximum Gasteiger partial charge on any atom is 0.270 e. The normalized spacial score (nSPS) is 10.6. The summed E-state index contributed by atoms with van der Waals surface area (Å²) in [7, 11) is 0. The minimum atomic E-state index is -0.467. The Labute approximate surface area is 223 Å². The Balaban J connectivity index is 1.29. The first-order valence-corrected chi connectivity index (χ1v) is 12.9. The van der Waals surface area contributed by atoms with Crippen molar-refractivity contribution in [3.05, 3.63) is 97.8 Å². The lowest BCUT2D eigenvalue weighted by atomic mass is 10.1. The van der Waals surface area contributed by atoms with Crippen LogP contribution in [0, 0.1) is 10.1 Å². The topological polar surface area (TPSA) is 114 Å². The van der Waals surface area contributed by atoms with Crippen molar-refractivity contribution >= 4 is 74.6 Å². The standard InChI is InChI=1S/C24H16Cl2N4O4S2/c25-15-4-9-19(20(26)11-15)23(32)27-16-5-7-18(8-6-16)35-13-22(31)29-24-28-21(12-36-24)14-2-1-3-17(10-14)30(33)34/h1-12H,13H2,(H,27,32)(H,28,29,31). The van der Waals surface area contributed by atoms with Gasteiger partial charge in [-0.1, -0.05) is 35.3 Å². The Morgan fingerprint density at radius 2 is 1.81 bits per heavy atom. The molecule has 0 fully saturated rings. The largest absolute Gasteiger partial charge is 0.322 e. The molecule has 1 aromatic heterocycles. The Hall–Kier alpha value is -3.44. The number of thioether (sulfide) groups is 1. The second-order valence-corrected chi connectivity index (χ2v) is 10.0. The van der Waals surface area contributed by atoms with Gasteiger partial charge in [0.25, 0.3) is 11.6 Å². The van der Waals surface area contributed by atoms with E-state index in [-0.39, 0.29) is 28.3 Å². The summed E-state index contributed by atoms with van der Waals surface area (Å²) in [5, 5.41) is 19.3. The van der Waals surface area contributed by atoms with Gasteiger partial charge in [-0.05, 0) is 42.5 Å². The molecule has 0 aliphatic carbocycles. The summed E-state index contributed by atoms with van der Waals surface area (Å²) < 4.78 is 0. The summed E-state index contributed by atoms with van der Waals surface area (Å²) in [5.41, 5.74) is 2.01. The third kappa shape index (κ3) is 6.61. The predicted octanol–water partition coefficient (Wildman–Crippen LogP) is 7.01. The van der Waals surface area contributed by atoms with E-state index < -0.39 is 4.92 Å². The van der Waals surface area contributed by atoms with Crippen molar-refractivity contribution in [3.63, 3.8) is 0 Å². The number of hydrogen-bond donors (Lipinski definition) is 2. The lowest BCUT2D eigenvalue weighted by Gasteiger charge is -2.08. The fraction of sp³-hybridized carbons (Fsp3) is 0.0417. The molecule has 0 aliphatic heterocycles. The summed E-state index contributed by atoms with van der Waals surface area (Å²) in [6, 6.07) is 17.8. The molecular weight excluding hydrogens is 543 g/mol. The van der Waals surface area contributed by atoms with E-state index in [1.807, 2.05) is 0 Å². The third-order valence-corrected chi connectivity index (χ3v) is 7.08. The van der Waals surface area contributed by atoms with E-state index in [2.05, 4.69) is 15.6 Å². The van der Waals surface area contributed by atoms with Gasteiger partial charge in [-0.3, -0.25) is 19.7 Å². The van der Waals surface area contributed by atoms with Gasteiger partial charge in [0.15, 0.2) is 5.13 Å². The second kappa shape index (κ2) is 11.5. The van der Waals surface area contributed by atoms with Gasteiger partial charge < -0.3 is 10.6 Å². The van der Waals surface area contributed by atoms with Gasteiger partial charge in [0.2, 0.25) is 5.91 Å². The molecule has 0 bridgehead atoms. The molecular formula is C24H16Cl2N4O4S2. The molecule has 36 heavy (non-hydrogen) atoms. The van der Waals surface area contributed by atoms with Crippen LogP contribution in [0.2, 0.25) is 10.0 Å². The van der Waals surface area contributed by atoms with Gasteiger partial charge in [-0.15, -0.1) is 23.1 Å². The van der Waals surface area contributed by atoms with Crippen LogP contribution in [0.5, 0.6) is 0 Å². The zero-order chi connectivity index (χ0) is 25.7. The lowest BCUT2D eigenvalue weighted by molar-refractivity contribution is -0.384. The Bertz CT molecular complexity index is 1440. The second-order valence-electron chi connectivity index (χ2n) is 7.28. The van der Waals surface area contributed by atoms with Crippen molar-refractivity contribution < 1.29 is 14.5 Å². The molecule has 2 N–H and O–H groups in total. The highest BCUT2D eigenvalue weighted by molar-refractivity contribution is 8.00. The van der Waals surface area contributed by atoms with Gasteiger partial charge in [-0.2, -0.15) is 0 Å². The van der Waals surface area contributed by atoms with Crippen LogP contribution >= 0.6 is 46.3 Å². The number of nitrogens with one attached hydrogen (secondary N) is 2. The van der Waals surface area contributed by atoms with Crippen LogP contribution in [0.4, 0.5) is 16.5 Å². The predicted molar refractivity (Wildman–Crippen MR) is 144 cm³/mol. The van der Waals surface area contributed by atoms with E-state index in [0.717, 1.165) is 4.90 Å². The summed E-state index contributed by atoms with van der Waals surface area (Å²) in [6.45, 7) is 0. The number of carbonyl (C=O) groups excluding carboxylic acids is 2. The molecule has 8 nitrogen and oxygen atoms in total. The number of halogens is 2. The molecule has 4 rings (SSSR count). The van der Waals surface area contributed by atoms with E-state index in [0.29, 0.717) is 32.7 Å². The molecule has 1 heterocycles. The van der Waals surface area contributed by atoms with Crippen LogP contribution < -0.4 is 10.6 Å². The van der Waals surface area contributed by atoms with Gasteiger partial charge in [0.05, 0.1) is 27.0 Å². The summed E-state index contributed by atoms with van der Waals surface area (Å²) >= 11 is 14.5. The highest BCUT2D eigenvalue weighted by atomic mass is 35.5. The van der Waals surface area contributed by atoms with Crippen LogP contribution in [-0.2, 0) is 4.79 Å². The number of aromatic nitrogens is 1. The van der Waals surface area contributed by atoms with Gasteiger partial charge in [0, 0.05) is 38.7 Å². The molecule has 0 spiro atoms. The van der Waals surface area contributed by atoms with E-state index in [4.69, 9.17) is 23.2 Å². The minimum absolute atomic E-state index is 0.0261. The SMILES string of the molecule is O=C(CSc1ccc(NC(=O)c2ccc(Cl)cc2Cl)cc1)Nc1nc(-c2cccc([N+](=O)[O-])c2)cs1. The van der Waals surface area contributed by atoms with E-state index in [9.17, 15) is 19.7 Å². The summed E-state index contributed by atoms with van der Waals surface area (Å²) in [4.78, 5) is 40.5. The Kier molecular flexibility index (Phi) is 8.21. The van der Waals surface area contributed by atoms with Crippen molar-refractivity contribution in [2.75, 3.05) is 16.4 Å². The molecule has 12 heteroatoms. The Morgan fingerprint density at radius 3 is 2.53 bits per heavy atom. The molecule has 0 saturated carbocycles. The molecule has 0 aliphatic rings. The van der Waals surface area contributed by atoms with E-state index >= 15 is 0 Å². The van der Waals surface area contributed by atoms with Crippen molar-refractivity contribution in [2.24, 2.45) is 0 Å². The quantitative estimate of drug-likeness (QED) is 0.136. The van der Waals surface area contributed by atoms with E-state index in [1.54, 1.807) is 53.9 Å². The Morgan fingerprint density at radius 1 is 1.03 bits per heavy atom. The van der Waals surface area contributed by atoms with Crippen molar-refractivity contribution in [1.29, 1.82) is 0 Å². The van der Waals surface area contributed by atoms with Crippen LogP contribution in [0.1, 0.15) is 10.4 Å². The molecule has 2 amide bonds. The maximum atomic E-state index is 12.4. The zero-order valence-corrected chi connectivity index (χ0v) is 21.4. The minimum Gasteiger partial charge on any atom is -0.322 e. The van der Waals surface area contributed by atoms with E-state index in [1.165, 1.54) is 41.3 Å². The molecule has 0 atom stereocenters. The third-order valence-electron chi connectivity index (χ3n) is 4.76. The molecule has 0 saturated heterocycles. The van der Waals surface area contributed by atoms with Crippen molar-refractivity contribution in [1.82, 2.24) is 4.98 Å². The van der Waals surface area contributed by atoms with Crippen LogP contribution in [0.3, 0.4) is 0 Å². The fourth-order valence-electron chi connectivity index (χ4n) is 3.05. The number of nitrogens with zero attached hydrogens (tertiary/aromatic N) is 2. The lowest BCUT2D eigenvalue weighted by Crippen LogP contribution is -2.14. The molecule has 4 aromatic rings. The first-order chi connectivity index (χ1) is 17.3. The number of anilines is 2. The number of carbonyl (C=O) groups is 2. The van der Waals surface area contributed by atoms with Crippen LogP contribution in [-0.4, -0.2) is 27.5 Å². The fourth-order valence-corrected chi connectivity index (χ4v) is 4.98. The molecule has 0 unspecified atom stereocenters. The number of rotatable bonds is 8. The average Bonchev–Trinajstić information content (AvgIpc) is 3.32. The number of non-ortho nitro benzene ring substituents is 1. The number of benzene rings is 3. The summed E-state index contributed by atoms with van der Waals surface area (Å²) in [5.74, 6) is -0.447. The highest BCUT2D eigenvalue weighted by Crippen LogP contribution is 2.28. The van der Waals surface area contributed by atoms with Gasteiger partial charge in [0.1, 0.15) is 0 Å². The van der Waals surface area contributed by atoms with Crippen LogP contribution in [0.25, 0.3) is 11.3 Å². The summed E-state index contributed by atoms with van der Waals surface area (Å²) in [6.07, 6.45) is 0. The van der Waals surface area contributed by atoms with Crippen molar-refractivity contribution in [3.8, 4) is 11.3 Å². The highest BCUT2D eigenvalue weighted by Gasteiger charge is 2.13. The first kappa shape index (κ1) is 25.6. The average molecular weight is 559 g/mol. The molecule has 3 aromatic carbocycles. The zero-order valence-electron chi connectivity index (χ0n) is 18.2. The number of hydrogen-bond acceptors (Lipinski definition) is 7. The number of amides is 2. The van der Waals surface area contributed by atoms with Gasteiger partial charge >= 0.3 is 0 Å². The molecule has 0 radical (unpaired) electrons. The number of nitro benzene ring substituents is 1. The molecule has 182 valence electrons. The number of thiazole rings is 1. The number of nitro groups is 1. The van der Waals surface area contributed by atoms with Crippen molar-refractivity contribution in [2.45, 2.75) is 4.90 Å². The first-order valence-electron chi connectivity index (χ1n) is 10.3.